The molecule has 0 fully saturated rings. The van der Waals surface area contributed by atoms with Crippen LogP contribution in [0, 0.1) is 10.5 Å². The van der Waals surface area contributed by atoms with Gasteiger partial charge in [0, 0.05) is 20.5 Å². The van der Waals surface area contributed by atoms with Crippen LogP contribution in [0.2, 0.25) is 5.02 Å². The van der Waals surface area contributed by atoms with Gasteiger partial charge in [-0.15, -0.1) is 0 Å². The molecule has 2 aromatic heterocycles. The molecule has 8 heteroatoms. The summed E-state index contributed by atoms with van der Waals surface area (Å²) in [7, 11) is 0. The molecule has 1 N–H and O–H groups in total. The Labute approximate surface area is 171 Å². The van der Waals surface area contributed by atoms with E-state index in [0.29, 0.717) is 15.7 Å². The van der Waals surface area contributed by atoms with Gasteiger partial charge in [-0.1, -0.05) is 22.9 Å². The summed E-state index contributed by atoms with van der Waals surface area (Å²) in [5.74, 6) is 0. The molecule has 0 atom stereocenters. The summed E-state index contributed by atoms with van der Waals surface area (Å²) in [5.41, 5.74) is 2.75. The van der Waals surface area contributed by atoms with Gasteiger partial charge in [0.1, 0.15) is 0 Å². The number of nitrogens with one attached hydrogen (secondary N) is 1. The Hall–Kier alpha value is -1.97. The first-order valence-electron chi connectivity index (χ1n) is 7.69. The van der Waals surface area contributed by atoms with E-state index in [0.717, 1.165) is 25.2 Å². The normalized spacial score (nSPS) is 11.7. The number of rotatable bonds is 3. The van der Waals surface area contributed by atoms with Crippen molar-refractivity contribution in [2.75, 3.05) is 0 Å². The summed E-state index contributed by atoms with van der Waals surface area (Å²) >= 11 is 9.67. The van der Waals surface area contributed by atoms with Crippen LogP contribution in [0.1, 0.15) is 11.3 Å². The third-order valence-electron chi connectivity index (χ3n) is 3.85. The van der Waals surface area contributed by atoms with E-state index in [4.69, 9.17) is 11.6 Å². The van der Waals surface area contributed by atoms with Gasteiger partial charge in [0.15, 0.2) is 0 Å². The number of aromatic nitrogens is 3. The zero-order valence-electron chi connectivity index (χ0n) is 13.5. The number of aromatic amines is 1. The van der Waals surface area contributed by atoms with Gasteiger partial charge in [-0.2, -0.15) is 0 Å². The molecule has 0 aliphatic carbocycles. The van der Waals surface area contributed by atoms with E-state index in [1.165, 1.54) is 16.0 Å². The maximum Gasteiger partial charge on any atom is 0.280 e. The maximum atomic E-state index is 12.7. The van der Waals surface area contributed by atoms with Gasteiger partial charge in [0.2, 0.25) is 5.13 Å². The summed E-state index contributed by atoms with van der Waals surface area (Å²) < 4.78 is 3.59. The zero-order valence-corrected chi connectivity index (χ0v) is 17.3. The van der Waals surface area contributed by atoms with Gasteiger partial charge in [0.05, 0.1) is 21.5 Å². The molecule has 0 amide bonds. The summed E-state index contributed by atoms with van der Waals surface area (Å²) in [6.45, 7) is 1.85. The summed E-state index contributed by atoms with van der Waals surface area (Å²) in [6.07, 6.45) is 1.57. The van der Waals surface area contributed by atoms with Crippen molar-refractivity contribution in [2.45, 2.75) is 6.92 Å². The minimum Gasteiger partial charge on any atom is -0.295 e. The fourth-order valence-electron chi connectivity index (χ4n) is 2.54. The minimum atomic E-state index is -0.142. The van der Waals surface area contributed by atoms with E-state index < -0.39 is 0 Å². The summed E-state index contributed by atoms with van der Waals surface area (Å²) in [4.78, 5) is 21.6. The molecule has 0 unspecified atom stereocenters. The Balaban J connectivity index is 1.70. The number of nitrogens with zero attached hydrogens (tertiary/aromatic N) is 3. The number of benzene rings is 2. The SMILES string of the molecule is Cc1[nH]n(-c2ccc(I)cc2)c(=O)c1/C=N/c1nc2ccc(Cl)cc2s1. The largest absolute Gasteiger partial charge is 0.295 e. The Kier molecular flexibility index (Phi) is 4.68. The number of hydrogen-bond donors (Lipinski definition) is 1. The molecule has 0 aliphatic rings. The van der Waals surface area contributed by atoms with E-state index in [1.54, 1.807) is 12.3 Å². The highest BCUT2D eigenvalue weighted by molar-refractivity contribution is 14.1. The van der Waals surface area contributed by atoms with Crippen LogP contribution in [0.3, 0.4) is 0 Å². The fourth-order valence-corrected chi connectivity index (χ4v) is 3.99. The second-order valence-corrected chi connectivity index (χ2v) is 8.33. The first kappa shape index (κ1) is 17.4. The summed E-state index contributed by atoms with van der Waals surface area (Å²) in [6, 6.07) is 13.2. The van der Waals surface area contributed by atoms with Crippen molar-refractivity contribution >= 4 is 67.1 Å². The van der Waals surface area contributed by atoms with E-state index in [-0.39, 0.29) is 5.56 Å². The number of halogens is 2. The lowest BCUT2D eigenvalue weighted by atomic mass is 10.3. The van der Waals surface area contributed by atoms with Crippen LogP contribution >= 0.6 is 45.5 Å². The number of thiazole rings is 1. The Morgan fingerprint density at radius 1 is 1.27 bits per heavy atom. The van der Waals surface area contributed by atoms with E-state index >= 15 is 0 Å². The molecule has 0 radical (unpaired) electrons. The van der Waals surface area contributed by atoms with Crippen molar-refractivity contribution in [2.24, 2.45) is 4.99 Å². The molecule has 0 aliphatic heterocycles. The molecule has 0 saturated heterocycles. The molecule has 130 valence electrons. The smallest absolute Gasteiger partial charge is 0.280 e. The molecule has 0 saturated carbocycles. The first-order valence-corrected chi connectivity index (χ1v) is 9.96. The Morgan fingerprint density at radius 3 is 2.81 bits per heavy atom. The third-order valence-corrected chi connectivity index (χ3v) is 5.73. The van der Waals surface area contributed by atoms with Crippen molar-refractivity contribution in [1.82, 2.24) is 14.8 Å². The molecule has 0 bridgehead atoms. The van der Waals surface area contributed by atoms with Crippen LogP contribution in [0.5, 0.6) is 0 Å². The minimum absolute atomic E-state index is 0.142. The van der Waals surface area contributed by atoms with Crippen LogP contribution in [-0.4, -0.2) is 21.0 Å². The van der Waals surface area contributed by atoms with Gasteiger partial charge in [0.25, 0.3) is 5.56 Å². The molecule has 4 aromatic rings. The van der Waals surface area contributed by atoms with Crippen LogP contribution in [0.25, 0.3) is 15.9 Å². The monoisotopic (exact) mass is 494 g/mol. The standard InChI is InChI=1S/C18H12ClIN4OS/c1-10-14(17(25)24(23-10)13-5-3-12(20)4-6-13)9-21-18-22-15-7-2-11(19)8-16(15)26-18/h2-9,23H,1H3/b21-9+. The fraction of sp³-hybridized carbons (Fsp3) is 0.0556. The second-order valence-electron chi connectivity index (χ2n) is 5.63. The molecule has 2 aromatic carbocycles. The lowest BCUT2D eigenvalue weighted by Crippen LogP contribution is -2.17. The third kappa shape index (κ3) is 3.34. The van der Waals surface area contributed by atoms with Gasteiger partial charge in [-0.3, -0.25) is 9.89 Å². The average Bonchev–Trinajstić information content (AvgIpc) is 3.14. The van der Waals surface area contributed by atoms with E-state index in [2.05, 4.69) is 37.7 Å². The van der Waals surface area contributed by atoms with E-state index in [1.807, 2.05) is 43.3 Å². The number of fused-ring (bicyclic) bond motifs is 1. The predicted octanol–water partition coefficient (Wildman–Crippen LogP) is 5.09. The van der Waals surface area contributed by atoms with Gasteiger partial charge < -0.3 is 0 Å². The first-order chi connectivity index (χ1) is 12.5. The molecule has 0 spiro atoms. The van der Waals surface area contributed by atoms with Crippen molar-refractivity contribution in [3.8, 4) is 5.69 Å². The van der Waals surface area contributed by atoms with Gasteiger partial charge in [-0.05, 0) is 72.0 Å². The van der Waals surface area contributed by atoms with Crippen LogP contribution in [0.4, 0.5) is 5.13 Å². The van der Waals surface area contributed by atoms with E-state index in [9.17, 15) is 4.79 Å². The molecule has 26 heavy (non-hydrogen) atoms. The number of aryl methyl sites for hydroxylation is 1. The Morgan fingerprint density at radius 2 is 2.04 bits per heavy atom. The van der Waals surface area contributed by atoms with Crippen molar-refractivity contribution in [3.63, 3.8) is 0 Å². The van der Waals surface area contributed by atoms with Gasteiger partial charge in [-0.25, -0.2) is 14.7 Å². The van der Waals surface area contributed by atoms with Crippen LogP contribution < -0.4 is 5.56 Å². The molecule has 2 heterocycles. The second kappa shape index (κ2) is 6.98. The van der Waals surface area contributed by atoms with Crippen molar-refractivity contribution in [1.29, 1.82) is 0 Å². The topological polar surface area (TPSA) is 63.0 Å². The maximum absolute atomic E-state index is 12.7. The molecule has 5 nitrogen and oxygen atoms in total. The summed E-state index contributed by atoms with van der Waals surface area (Å²) in [5, 5.41) is 4.35. The van der Waals surface area contributed by atoms with Crippen LogP contribution in [0.15, 0.2) is 52.3 Å². The lowest BCUT2D eigenvalue weighted by molar-refractivity contribution is 0.835. The number of aliphatic imine (C=N–C) groups is 1. The highest BCUT2D eigenvalue weighted by atomic mass is 127. The van der Waals surface area contributed by atoms with Gasteiger partial charge >= 0.3 is 0 Å². The number of hydrogen-bond acceptors (Lipinski definition) is 4. The highest BCUT2D eigenvalue weighted by Gasteiger charge is 2.11. The predicted molar refractivity (Wildman–Crippen MR) is 116 cm³/mol. The highest BCUT2D eigenvalue weighted by Crippen LogP contribution is 2.29. The average molecular weight is 495 g/mol. The zero-order chi connectivity index (χ0) is 18.3. The molecular formula is C18H12ClIN4OS. The molecule has 4 rings (SSSR count). The van der Waals surface area contributed by atoms with Crippen molar-refractivity contribution < 1.29 is 0 Å². The number of H-pyrrole nitrogens is 1. The Bertz CT molecular complexity index is 1190. The molecular weight excluding hydrogens is 483 g/mol. The van der Waals surface area contributed by atoms with Crippen molar-refractivity contribution in [3.05, 3.63) is 72.7 Å². The van der Waals surface area contributed by atoms with Crippen LogP contribution in [-0.2, 0) is 0 Å². The lowest BCUT2D eigenvalue weighted by Gasteiger charge is -2.00. The quantitative estimate of drug-likeness (QED) is 0.318.